The first-order valence-corrected chi connectivity index (χ1v) is 9.30. The predicted molar refractivity (Wildman–Crippen MR) is 108 cm³/mol. The molecule has 0 atom stereocenters. The first-order valence-electron chi connectivity index (χ1n) is 8.93. The van der Waals surface area contributed by atoms with Crippen LogP contribution in [0.15, 0.2) is 46.9 Å². The van der Waals surface area contributed by atoms with Crippen LogP contribution in [0.25, 0.3) is 23.1 Å². The number of aromatic nitrogens is 4. The molecule has 0 saturated carbocycles. The summed E-state index contributed by atoms with van der Waals surface area (Å²) in [4.78, 5) is 0. The molecule has 0 saturated heterocycles. The van der Waals surface area contributed by atoms with Gasteiger partial charge in [-0.1, -0.05) is 35.9 Å². The third-order valence-electron chi connectivity index (χ3n) is 4.35. The molecule has 142 valence electrons. The quantitative estimate of drug-likeness (QED) is 0.443. The molecule has 0 bridgehead atoms. The van der Waals surface area contributed by atoms with Crippen LogP contribution >= 0.6 is 11.6 Å². The van der Waals surface area contributed by atoms with Gasteiger partial charge in [0, 0.05) is 17.5 Å². The topological polar surface area (TPSA) is 56.7 Å². The normalized spacial score (nSPS) is 11.9. The van der Waals surface area contributed by atoms with Crippen molar-refractivity contribution in [2.24, 2.45) is 0 Å². The summed E-state index contributed by atoms with van der Waals surface area (Å²) in [7, 11) is 0. The summed E-state index contributed by atoms with van der Waals surface area (Å²) < 4.78 is 20.8. The lowest BCUT2D eigenvalue weighted by Crippen LogP contribution is -2.03. The zero-order valence-corrected chi connectivity index (χ0v) is 16.2. The minimum Gasteiger partial charge on any atom is -0.421 e. The minimum atomic E-state index is -0.379. The molecule has 0 aliphatic carbocycles. The smallest absolute Gasteiger partial charge is 0.240 e. The van der Waals surface area contributed by atoms with E-state index in [0.717, 1.165) is 16.6 Å². The van der Waals surface area contributed by atoms with Gasteiger partial charge < -0.3 is 4.42 Å². The van der Waals surface area contributed by atoms with Crippen molar-refractivity contribution < 1.29 is 8.81 Å². The van der Waals surface area contributed by atoms with E-state index in [1.54, 1.807) is 18.2 Å². The van der Waals surface area contributed by atoms with Gasteiger partial charge in [-0.05, 0) is 43.7 Å². The molecule has 4 rings (SSSR count). The molecule has 0 amide bonds. The Labute approximate surface area is 166 Å². The van der Waals surface area contributed by atoms with Crippen LogP contribution in [0.4, 0.5) is 4.39 Å². The monoisotopic (exact) mass is 396 g/mol. The number of rotatable bonds is 5. The largest absolute Gasteiger partial charge is 0.421 e. The average Bonchev–Trinajstić information content (AvgIpc) is 3.26. The summed E-state index contributed by atoms with van der Waals surface area (Å²) in [5.74, 6) is 0.447. The van der Waals surface area contributed by atoms with Gasteiger partial charge in [0.1, 0.15) is 5.82 Å². The molecule has 2 aromatic heterocycles. The number of hydrogen-bond donors (Lipinski definition) is 0. The Bertz CT molecular complexity index is 1160. The molecular formula is C21H18ClFN4O. The molecule has 0 aliphatic heterocycles. The number of hydrogen-bond acceptors (Lipinski definition) is 4. The Kier molecular flexibility index (Phi) is 4.96. The van der Waals surface area contributed by atoms with Crippen molar-refractivity contribution >= 4 is 34.7 Å². The fourth-order valence-corrected chi connectivity index (χ4v) is 3.26. The van der Waals surface area contributed by atoms with Crippen LogP contribution in [-0.2, 0) is 6.42 Å². The lowest BCUT2D eigenvalue weighted by molar-refractivity contribution is 0.490. The van der Waals surface area contributed by atoms with Crippen molar-refractivity contribution in [3.05, 3.63) is 76.3 Å². The maximum atomic E-state index is 13.1. The molecule has 7 heteroatoms. The highest BCUT2D eigenvalue weighted by atomic mass is 35.5. The number of para-hydroxylation sites is 1. The molecule has 0 spiro atoms. The summed E-state index contributed by atoms with van der Waals surface area (Å²) in [5, 5.41) is 14.3. The maximum absolute atomic E-state index is 13.1. The van der Waals surface area contributed by atoms with E-state index in [0.29, 0.717) is 28.8 Å². The second-order valence-corrected chi connectivity index (χ2v) is 7.12. The average molecular weight is 397 g/mol. The van der Waals surface area contributed by atoms with E-state index in [2.05, 4.69) is 30.1 Å². The SMILES string of the molecule is CC(C)n1nc(Cc2nnc(/C=C/c3ccc(F)cc3Cl)o2)c2ccccc21. The number of nitrogens with zero attached hydrogens (tertiary/aromatic N) is 4. The Hall–Kier alpha value is -2.99. The maximum Gasteiger partial charge on any atom is 0.240 e. The van der Waals surface area contributed by atoms with Crippen LogP contribution < -0.4 is 0 Å². The number of fused-ring (bicyclic) bond motifs is 1. The van der Waals surface area contributed by atoms with Gasteiger partial charge in [-0.2, -0.15) is 5.10 Å². The molecule has 2 heterocycles. The highest BCUT2D eigenvalue weighted by Gasteiger charge is 2.15. The third kappa shape index (κ3) is 3.68. The van der Waals surface area contributed by atoms with E-state index in [1.165, 1.54) is 12.1 Å². The highest BCUT2D eigenvalue weighted by molar-refractivity contribution is 6.32. The van der Waals surface area contributed by atoms with Gasteiger partial charge in [-0.3, -0.25) is 4.68 Å². The van der Waals surface area contributed by atoms with E-state index >= 15 is 0 Å². The van der Waals surface area contributed by atoms with E-state index < -0.39 is 0 Å². The Morgan fingerprint density at radius 3 is 2.75 bits per heavy atom. The van der Waals surface area contributed by atoms with Gasteiger partial charge >= 0.3 is 0 Å². The van der Waals surface area contributed by atoms with E-state index in [1.807, 2.05) is 22.9 Å². The van der Waals surface area contributed by atoms with Crippen molar-refractivity contribution in [1.82, 2.24) is 20.0 Å². The van der Waals surface area contributed by atoms with Crippen LogP contribution in [0.1, 0.15) is 42.9 Å². The van der Waals surface area contributed by atoms with Gasteiger partial charge in [-0.15, -0.1) is 10.2 Å². The van der Waals surface area contributed by atoms with Gasteiger partial charge in [-0.25, -0.2) is 4.39 Å². The lowest BCUT2D eigenvalue weighted by atomic mass is 10.1. The summed E-state index contributed by atoms with van der Waals surface area (Å²) in [5.41, 5.74) is 2.65. The van der Waals surface area contributed by atoms with E-state index in [4.69, 9.17) is 21.1 Å². The summed E-state index contributed by atoms with van der Waals surface area (Å²) in [6.45, 7) is 4.19. The van der Waals surface area contributed by atoms with Crippen LogP contribution in [0, 0.1) is 5.82 Å². The second kappa shape index (κ2) is 7.56. The molecule has 28 heavy (non-hydrogen) atoms. The minimum absolute atomic E-state index is 0.250. The predicted octanol–water partition coefficient (Wildman–Crippen LogP) is 5.55. The summed E-state index contributed by atoms with van der Waals surface area (Å²) >= 11 is 6.02. The lowest BCUT2D eigenvalue weighted by Gasteiger charge is -2.06. The zero-order valence-electron chi connectivity index (χ0n) is 15.4. The molecule has 5 nitrogen and oxygen atoms in total. The van der Waals surface area contributed by atoms with Crippen molar-refractivity contribution in [1.29, 1.82) is 0 Å². The van der Waals surface area contributed by atoms with Gasteiger partial charge in [0.2, 0.25) is 11.8 Å². The molecule has 0 fully saturated rings. The summed E-state index contributed by atoms with van der Waals surface area (Å²) in [6.07, 6.45) is 3.81. The van der Waals surface area contributed by atoms with Gasteiger partial charge in [0.05, 0.1) is 22.7 Å². The third-order valence-corrected chi connectivity index (χ3v) is 4.68. The Morgan fingerprint density at radius 2 is 1.96 bits per heavy atom. The number of halogens is 2. The van der Waals surface area contributed by atoms with Crippen molar-refractivity contribution in [3.63, 3.8) is 0 Å². The number of benzene rings is 2. The fraction of sp³-hybridized carbons (Fsp3) is 0.190. The fourth-order valence-electron chi connectivity index (χ4n) is 3.03. The molecule has 0 aliphatic rings. The molecular weight excluding hydrogens is 379 g/mol. The molecule has 2 aromatic carbocycles. The second-order valence-electron chi connectivity index (χ2n) is 6.71. The van der Waals surface area contributed by atoms with Crippen LogP contribution in [0.3, 0.4) is 0 Å². The summed E-state index contributed by atoms with van der Waals surface area (Å²) in [6, 6.07) is 12.5. The Morgan fingerprint density at radius 1 is 1.14 bits per heavy atom. The van der Waals surface area contributed by atoms with Crippen molar-refractivity contribution in [3.8, 4) is 0 Å². The molecule has 0 N–H and O–H groups in total. The van der Waals surface area contributed by atoms with E-state index in [-0.39, 0.29) is 11.9 Å². The van der Waals surface area contributed by atoms with E-state index in [9.17, 15) is 4.39 Å². The molecule has 4 aromatic rings. The van der Waals surface area contributed by atoms with Gasteiger partial charge in [0.25, 0.3) is 0 Å². The highest BCUT2D eigenvalue weighted by Crippen LogP contribution is 2.24. The van der Waals surface area contributed by atoms with Crippen LogP contribution in [-0.4, -0.2) is 20.0 Å². The van der Waals surface area contributed by atoms with Crippen molar-refractivity contribution in [2.75, 3.05) is 0 Å². The van der Waals surface area contributed by atoms with Crippen molar-refractivity contribution in [2.45, 2.75) is 26.3 Å². The Balaban J connectivity index is 1.57. The van der Waals surface area contributed by atoms with Gasteiger partial charge in [0.15, 0.2) is 0 Å². The first kappa shape index (κ1) is 18.4. The first-order chi connectivity index (χ1) is 13.5. The van der Waals surface area contributed by atoms with Crippen LogP contribution in [0.2, 0.25) is 5.02 Å². The standard InChI is InChI=1S/C21H18ClFN4O/c1-13(2)27-19-6-4-3-5-16(19)18(26-27)12-21-25-24-20(28-21)10-8-14-7-9-15(23)11-17(14)22/h3-11,13H,12H2,1-2H3/b10-8+. The molecule has 0 radical (unpaired) electrons. The zero-order chi connectivity index (χ0) is 19.7. The molecule has 0 unspecified atom stereocenters. The van der Waals surface area contributed by atoms with Crippen LogP contribution in [0.5, 0.6) is 0 Å².